The van der Waals surface area contributed by atoms with Crippen molar-refractivity contribution in [2.24, 2.45) is 4.91 Å². The summed E-state index contributed by atoms with van der Waals surface area (Å²) < 4.78 is 39.5. The van der Waals surface area contributed by atoms with Gasteiger partial charge < -0.3 is 23.7 Å². The van der Waals surface area contributed by atoms with Crippen molar-refractivity contribution in [3.05, 3.63) is 0 Å². The predicted molar refractivity (Wildman–Crippen MR) is 170 cm³/mol. The maximum absolute atomic E-state index is 6.73. The summed E-state index contributed by atoms with van der Waals surface area (Å²) in [6.07, 6.45) is 8.84. The Hall–Kier alpha value is -0.130. The monoisotopic (exact) mass is 610 g/mol. The molecule has 0 rings (SSSR count). The van der Waals surface area contributed by atoms with Crippen LogP contribution >= 0.6 is 7.51 Å². The summed E-state index contributed by atoms with van der Waals surface area (Å²) in [7, 11) is 5.11. The molecule has 0 saturated heterocycles. The van der Waals surface area contributed by atoms with Crippen molar-refractivity contribution >= 4 is 7.51 Å². The zero-order valence-corrected chi connectivity index (χ0v) is 29.4. The van der Waals surface area contributed by atoms with Gasteiger partial charge in [-0.3, -0.25) is 4.84 Å². The lowest BCUT2D eigenvalue weighted by atomic mass is 10.3. The van der Waals surface area contributed by atoms with Gasteiger partial charge in [0.1, 0.15) is 0 Å². The molecule has 0 heterocycles. The summed E-state index contributed by atoms with van der Waals surface area (Å²) >= 11 is 0. The van der Waals surface area contributed by atoms with E-state index in [2.05, 4.69) is 50.9 Å². The number of nitrogens with zero attached hydrogens (tertiary/aromatic N) is 4. The quantitative estimate of drug-likeness (QED) is 0.0362. The van der Waals surface area contributed by atoms with Crippen molar-refractivity contribution in [3.63, 3.8) is 0 Å². The fraction of sp³-hybridized carbons (Fsp3) is 1.00. The molecule has 0 aromatic carbocycles. The number of unbranched alkanes of at least 4 members (excludes halogenated alkanes) is 6. The van der Waals surface area contributed by atoms with Gasteiger partial charge in [-0.1, -0.05) is 80.1 Å². The summed E-state index contributed by atoms with van der Waals surface area (Å²) in [5, 5.41) is 0. The van der Waals surface area contributed by atoms with Crippen LogP contribution in [0.1, 0.15) is 119 Å². The Morgan fingerprint density at radius 1 is 0.537 bits per heavy atom. The molecule has 0 aromatic rings. The highest BCUT2D eigenvalue weighted by Gasteiger charge is 2.56. The molecule has 0 amide bonds. The fourth-order valence-corrected chi connectivity index (χ4v) is 6.86. The van der Waals surface area contributed by atoms with Gasteiger partial charge in [0.15, 0.2) is 0 Å². The van der Waals surface area contributed by atoms with Crippen molar-refractivity contribution in [2.45, 2.75) is 131 Å². The molecule has 0 fully saturated rings. The van der Waals surface area contributed by atoms with Gasteiger partial charge in [-0.2, -0.15) is 0 Å². The number of hydrogen-bond acceptors (Lipinski definition) is 7. The Morgan fingerprint density at radius 2 is 0.878 bits per heavy atom. The first kappa shape index (κ1) is 40.9. The van der Waals surface area contributed by atoms with E-state index in [0.29, 0.717) is 39.6 Å². The lowest BCUT2D eigenvalue weighted by Crippen LogP contribution is -2.61. The van der Waals surface area contributed by atoms with Gasteiger partial charge in [-0.05, 0) is 66.7 Å². The van der Waals surface area contributed by atoms with E-state index < -0.39 is 20.0 Å². The largest absolute Gasteiger partial charge is 0.364 e. The normalized spacial score (nSPS) is 12.9. The Labute approximate surface area is 253 Å². The van der Waals surface area contributed by atoms with Crippen LogP contribution in [0.15, 0.2) is 4.91 Å². The molecule has 41 heavy (non-hydrogen) atoms. The van der Waals surface area contributed by atoms with Crippen molar-refractivity contribution in [1.82, 2.24) is 14.0 Å². The Kier molecular flexibility index (Phi) is 25.1. The van der Waals surface area contributed by atoms with Crippen LogP contribution in [0.5, 0.6) is 0 Å². The molecular formula is C30H67N4O6P. The van der Waals surface area contributed by atoms with Crippen LogP contribution in [-0.4, -0.2) is 94.4 Å². The predicted octanol–water partition coefficient (Wildman–Crippen LogP) is 8.07. The zero-order chi connectivity index (χ0) is 31.0. The molecule has 11 heteroatoms. The summed E-state index contributed by atoms with van der Waals surface area (Å²) in [5.41, 5.74) is 0. The van der Waals surface area contributed by atoms with Crippen LogP contribution in [-0.2, 0) is 28.5 Å². The molecule has 0 N–H and O–H groups in total. The summed E-state index contributed by atoms with van der Waals surface area (Å²) in [6.45, 7) is 15.8. The number of rotatable bonds is 29. The van der Waals surface area contributed by atoms with Crippen molar-refractivity contribution in [2.75, 3.05) is 67.8 Å². The smallest absolute Gasteiger partial charge is 0.339 e. The molecule has 0 bridgehead atoms. The first-order valence-electron chi connectivity index (χ1n) is 16.3. The number of ether oxygens (including phenoxy) is 5. The third-order valence-electron chi connectivity index (χ3n) is 6.46. The minimum absolute atomic E-state index is 0.458. The van der Waals surface area contributed by atoms with Gasteiger partial charge in [-0.25, -0.2) is 9.34 Å². The molecule has 248 valence electrons. The minimum Gasteiger partial charge on any atom is -0.339 e. The van der Waals surface area contributed by atoms with E-state index in [1.54, 1.807) is 0 Å². The van der Waals surface area contributed by atoms with E-state index in [9.17, 15) is 0 Å². The van der Waals surface area contributed by atoms with E-state index >= 15 is 0 Å². The molecular weight excluding hydrogens is 543 g/mol. The van der Waals surface area contributed by atoms with Gasteiger partial charge >= 0.3 is 6.10 Å². The average molecular weight is 611 g/mol. The first-order valence-corrected chi connectivity index (χ1v) is 17.9. The Morgan fingerprint density at radius 3 is 1.22 bits per heavy atom. The minimum atomic E-state index is -2.93. The molecule has 0 atom stereocenters. The highest BCUT2D eigenvalue weighted by molar-refractivity contribution is 7.59. The fourth-order valence-electron chi connectivity index (χ4n) is 3.88. The summed E-state index contributed by atoms with van der Waals surface area (Å²) in [4.78, 5) is 11.1. The van der Waals surface area contributed by atoms with E-state index in [1.165, 1.54) is 0 Å². The first-order chi connectivity index (χ1) is 19.8. The molecule has 0 aliphatic rings. The molecule has 10 nitrogen and oxygen atoms in total. The molecule has 0 radical (unpaired) electrons. The van der Waals surface area contributed by atoms with Crippen molar-refractivity contribution < 1.29 is 28.5 Å². The number of hydrogen-bond donors (Lipinski definition) is 0. The lowest BCUT2D eigenvalue weighted by molar-refractivity contribution is -0.460. The summed E-state index contributed by atoms with van der Waals surface area (Å²) in [6, 6.07) is 0. The molecule has 0 aromatic heterocycles. The second-order valence-corrected chi connectivity index (χ2v) is 14.0. The van der Waals surface area contributed by atoms with Crippen LogP contribution < -0.4 is 0 Å². The van der Waals surface area contributed by atoms with Crippen LogP contribution in [0.2, 0.25) is 0 Å². The third-order valence-corrected chi connectivity index (χ3v) is 9.96. The van der Waals surface area contributed by atoms with E-state index in [0.717, 1.165) is 77.0 Å². The maximum Gasteiger partial charge on any atom is 0.364 e. The van der Waals surface area contributed by atoms with E-state index in [-0.39, 0.29) is 0 Å². The second kappa shape index (κ2) is 25.2. The van der Waals surface area contributed by atoms with E-state index in [1.807, 2.05) is 32.9 Å². The van der Waals surface area contributed by atoms with Crippen LogP contribution in [0, 0.1) is 0 Å². The van der Waals surface area contributed by atoms with Crippen molar-refractivity contribution in [3.8, 4) is 0 Å². The second-order valence-electron chi connectivity index (χ2n) is 10.7. The van der Waals surface area contributed by atoms with Gasteiger partial charge in [0, 0.05) is 0 Å². The average Bonchev–Trinajstić information content (AvgIpc) is 2.94. The molecule has 0 unspecified atom stereocenters. The highest BCUT2D eigenvalue weighted by atomic mass is 31.2. The van der Waals surface area contributed by atoms with E-state index in [4.69, 9.17) is 33.4 Å². The Bertz CT molecular complexity index is 608. The van der Waals surface area contributed by atoms with Gasteiger partial charge in [0.05, 0.1) is 39.6 Å². The zero-order valence-electron chi connectivity index (χ0n) is 28.5. The Balaban J connectivity index is 7.45. The third kappa shape index (κ3) is 14.5. The van der Waals surface area contributed by atoms with Crippen molar-refractivity contribution in [1.29, 1.82) is 0 Å². The lowest BCUT2D eigenvalue weighted by Gasteiger charge is -2.52. The van der Waals surface area contributed by atoms with Crippen LogP contribution in [0.4, 0.5) is 0 Å². The highest BCUT2D eigenvalue weighted by Crippen LogP contribution is 2.61. The molecule has 0 aliphatic carbocycles. The molecule has 0 aliphatic heterocycles. The van der Waals surface area contributed by atoms with Gasteiger partial charge in [-0.15, -0.1) is 9.58 Å². The summed E-state index contributed by atoms with van der Waals surface area (Å²) in [5.74, 6) is 0. The molecule has 0 spiro atoms. The topological polar surface area (TPSA) is 77.5 Å². The van der Waals surface area contributed by atoms with Crippen LogP contribution in [0.3, 0.4) is 0 Å². The van der Waals surface area contributed by atoms with Gasteiger partial charge in [0.2, 0.25) is 13.9 Å². The van der Waals surface area contributed by atoms with Gasteiger partial charge in [0.25, 0.3) is 0 Å². The SMILES string of the molecule is CCCCON=P(N(C)C)(N(C)C)N(C(OCCCC)OCCCC)C(OCCCC)(OCCCC)OCCCC. The molecule has 0 saturated carbocycles. The standard InChI is InChI=1S/C30H67N4O6P/c1-11-17-23-35-29(36-24-18-12-2)34(41(32(7)8,33(9)10)31-40-28-22-16-6)30(37-25-19-13-3,38-26-20-14-4)39-27-21-15-5/h29H,11-28H2,1-10H3. The maximum atomic E-state index is 6.73. The van der Waals surface area contributed by atoms with Crippen LogP contribution in [0.25, 0.3) is 0 Å².